The molecule has 1 atom stereocenters. The summed E-state index contributed by atoms with van der Waals surface area (Å²) in [5, 5.41) is 0. The Balaban J connectivity index is 2.25. The van der Waals surface area contributed by atoms with Gasteiger partial charge in [0.1, 0.15) is 6.61 Å². The van der Waals surface area contributed by atoms with Crippen LogP contribution in [0.25, 0.3) is 6.08 Å². The normalized spacial score (nSPS) is 12.9. The number of allylic oxidation sites excluding steroid dienone is 1. The van der Waals surface area contributed by atoms with Crippen molar-refractivity contribution in [3.63, 3.8) is 0 Å². The predicted octanol–water partition coefficient (Wildman–Crippen LogP) is 4.35. The van der Waals surface area contributed by atoms with Crippen LogP contribution in [0.1, 0.15) is 11.1 Å². The quantitative estimate of drug-likeness (QED) is 0.427. The summed E-state index contributed by atoms with van der Waals surface area (Å²) in [6.07, 6.45) is 10.7. The Morgan fingerprint density at radius 2 is 1.88 bits per heavy atom. The van der Waals surface area contributed by atoms with Gasteiger partial charge in [-0.3, -0.25) is 0 Å². The van der Waals surface area contributed by atoms with Gasteiger partial charge in [0.2, 0.25) is 0 Å². The van der Waals surface area contributed by atoms with E-state index in [9.17, 15) is 4.21 Å². The van der Waals surface area contributed by atoms with E-state index in [0.29, 0.717) is 6.61 Å². The number of benzene rings is 2. The summed E-state index contributed by atoms with van der Waals surface area (Å²) >= 11 is 0. The van der Waals surface area contributed by atoms with Gasteiger partial charge in [-0.1, -0.05) is 60.0 Å². The van der Waals surface area contributed by atoms with E-state index < -0.39 is 10.8 Å². The van der Waals surface area contributed by atoms with Crippen LogP contribution in [-0.4, -0.2) is 17.4 Å². The molecule has 2 nitrogen and oxygen atoms in total. The fourth-order valence-corrected chi connectivity index (χ4v) is 3.14. The Bertz CT molecular complexity index is 766. The Kier molecular flexibility index (Phi) is 7.22. The molecule has 0 N–H and O–H groups in total. The summed E-state index contributed by atoms with van der Waals surface area (Å²) in [5.74, 6) is 2.42. The highest BCUT2D eigenvalue weighted by atomic mass is 32.2. The average Bonchev–Trinajstić information content (AvgIpc) is 2.61. The second-order valence-electron chi connectivity index (χ2n) is 5.16. The molecule has 0 fully saturated rings. The molecule has 0 aliphatic carbocycles. The molecule has 0 heterocycles. The first-order chi connectivity index (χ1) is 11.7. The standard InChI is InChI=1S/C21H20O2S/c1-3-15-23-16-7-10-21(17-19-8-5-4-6-9-19)24(22)20-13-11-18(2)12-14-20/h1,4-14,17H,15-16H2,2H3/b10-7+,21-17-. The number of terminal acetylenes is 1. The summed E-state index contributed by atoms with van der Waals surface area (Å²) in [7, 11) is -1.26. The minimum Gasteiger partial charge on any atom is -0.365 e. The van der Waals surface area contributed by atoms with Crippen LogP contribution >= 0.6 is 0 Å². The first kappa shape index (κ1) is 17.9. The van der Waals surface area contributed by atoms with E-state index in [-0.39, 0.29) is 6.61 Å². The lowest BCUT2D eigenvalue weighted by Crippen LogP contribution is -1.96. The van der Waals surface area contributed by atoms with Gasteiger partial charge >= 0.3 is 0 Å². The van der Waals surface area contributed by atoms with E-state index in [2.05, 4.69) is 5.92 Å². The number of ether oxygens (including phenoxy) is 1. The zero-order valence-corrected chi connectivity index (χ0v) is 14.5. The smallest absolute Gasteiger partial charge is 0.107 e. The number of hydrogen-bond donors (Lipinski definition) is 0. The second-order valence-corrected chi connectivity index (χ2v) is 6.64. The molecule has 1 unspecified atom stereocenters. The van der Waals surface area contributed by atoms with Gasteiger partial charge in [-0.05, 0) is 36.8 Å². The largest absolute Gasteiger partial charge is 0.365 e. The molecule has 0 saturated carbocycles. The topological polar surface area (TPSA) is 26.3 Å². The Labute approximate surface area is 146 Å². The van der Waals surface area contributed by atoms with Gasteiger partial charge in [0.15, 0.2) is 0 Å². The zero-order chi connectivity index (χ0) is 17.2. The maximum Gasteiger partial charge on any atom is 0.107 e. The van der Waals surface area contributed by atoms with Crippen molar-refractivity contribution in [1.29, 1.82) is 0 Å². The number of rotatable bonds is 7. The van der Waals surface area contributed by atoms with E-state index in [1.165, 1.54) is 0 Å². The van der Waals surface area contributed by atoms with E-state index in [1.54, 1.807) is 0 Å². The van der Waals surface area contributed by atoms with Crippen LogP contribution in [0.5, 0.6) is 0 Å². The third-order valence-corrected chi connectivity index (χ3v) is 4.62. The summed E-state index contributed by atoms with van der Waals surface area (Å²) < 4.78 is 18.1. The molecule has 2 aromatic carbocycles. The fraction of sp³-hybridized carbons (Fsp3) is 0.143. The van der Waals surface area contributed by atoms with Crippen molar-refractivity contribution in [1.82, 2.24) is 0 Å². The molecule has 0 radical (unpaired) electrons. The van der Waals surface area contributed by atoms with Gasteiger partial charge < -0.3 is 4.74 Å². The molecule has 0 bridgehead atoms. The maximum absolute atomic E-state index is 12.9. The molecule has 0 amide bonds. The van der Waals surface area contributed by atoms with E-state index >= 15 is 0 Å². The average molecular weight is 336 g/mol. The van der Waals surface area contributed by atoms with Crippen LogP contribution in [0, 0.1) is 19.3 Å². The summed E-state index contributed by atoms with van der Waals surface area (Å²) in [6.45, 7) is 2.67. The molecule has 0 aromatic heterocycles. The molecular formula is C21H20O2S. The lowest BCUT2D eigenvalue weighted by atomic mass is 10.2. The molecule has 2 rings (SSSR count). The number of aryl methyl sites for hydroxylation is 1. The molecule has 0 spiro atoms. The summed E-state index contributed by atoms with van der Waals surface area (Å²) in [5.41, 5.74) is 2.14. The highest BCUT2D eigenvalue weighted by Crippen LogP contribution is 2.19. The third-order valence-electron chi connectivity index (χ3n) is 3.24. The third kappa shape index (κ3) is 5.66. The fourth-order valence-electron chi connectivity index (χ4n) is 2.03. The van der Waals surface area contributed by atoms with Crippen molar-refractivity contribution in [3.8, 4) is 12.3 Å². The molecule has 3 heteroatoms. The van der Waals surface area contributed by atoms with E-state index in [1.807, 2.05) is 79.7 Å². The Morgan fingerprint density at radius 1 is 1.17 bits per heavy atom. The van der Waals surface area contributed by atoms with Crippen molar-refractivity contribution < 1.29 is 8.95 Å². The van der Waals surface area contributed by atoms with Gasteiger partial charge in [0.05, 0.1) is 17.4 Å². The van der Waals surface area contributed by atoms with Crippen LogP contribution in [-0.2, 0) is 15.5 Å². The Hall–Kier alpha value is -2.41. The van der Waals surface area contributed by atoms with Gasteiger partial charge in [-0.15, -0.1) is 6.42 Å². The SMILES string of the molecule is C#CCOC/C=C/C(=C/c1ccccc1)S(=O)c1ccc(C)cc1. The summed E-state index contributed by atoms with van der Waals surface area (Å²) in [6, 6.07) is 17.6. The minimum absolute atomic E-state index is 0.267. The molecule has 0 aliphatic heterocycles. The van der Waals surface area contributed by atoms with Crippen molar-refractivity contribution >= 4 is 16.9 Å². The van der Waals surface area contributed by atoms with Crippen molar-refractivity contribution in [2.75, 3.05) is 13.2 Å². The van der Waals surface area contributed by atoms with Gasteiger partial charge in [-0.2, -0.15) is 0 Å². The van der Waals surface area contributed by atoms with E-state index in [4.69, 9.17) is 11.2 Å². The predicted molar refractivity (Wildman–Crippen MR) is 101 cm³/mol. The van der Waals surface area contributed by atoms with Crippen LogP contribution in [0.2, 0.25) is 0 Å². The van der Waals surface area contributed by atoms with Crippen molar-refractivity contribution in [2.24, 2.45) is 0 Å². The van der Waals surface area contributed by atoms with Crippen LogP contribution in [0.15, 0.2) is 76.5 Å². The van der Waals surface area contributed by atoms with Crippen LogP contribution < -0.4 is 0 Å². The first-order valence-electron chi connectivity index (χ1n) is 7.63. The van der Waals surface area contributed by atoms with Crippen molar-refractivity contribution in [2.45, 2.75) is 11.8 Å². The minimum atomic E-state index is -1.26. The zero-order valence-electron chi connectivity index (χ0n) is 13.6. The number of hydrogen-bond acceptors (Lipinski definition) is 2. The lowest BCUT2D eigenvalue weighted by Gasteiger charge is -2.05. The van der Waals surface area contributed by atoms with Gasteiger partial charge in [0.25, 0.3) is 0 Å². The maximum atomic E-state index is 12.9. The second kappa shape index (κ2) is 9.67. The van der Waals surface area contributed by atoms with Gasteiger partial charge in [-0.25, -0.2) is 4.21 Å². The van der Waals surface area contributed by atoms with E-state index in [0.717, 1.165) is 20.9 Å². The summed E-state index contributed by atoms with van der Waals surface area (Å²) in [4.78, 5) is 1.49. The lowest BCUT2D eigenvalue weighted by molar-refractivity contribution is 0.199. The molecule has 0 aliphatic rings. The monoisotopic (exact) mass is 336 g/mol. The Morgan fingerprint density at radius 3 is 2.54 bits per heavy atom. The highest BCUT2D eigenvalue weighted by molar-refractivity contribution is 7.89. The molecule has 2 aromatic rings. The molecule has 24 heavy (non-hydrogen) atoms. The first-order valence-corrected chi connectivity index (χ1v) is 8.78. The van der Waals surface area contributed by atoms with Crippen LogP contribution in [0.4, 0.5) is 0 Å². The molecule has 122 valence electrons. The van der Waals surface area contributed by atoms with Crippen LogP contribution in [0.3, 0.4) is 0 Å². The molecule has 0 saturated heterocycles. The highest BCUT2D eigenvalue weighted by Gasteiger charge is 2.08. The molecular weight excluding hydrogens is 316 g/mol. The van der Waals surface area contributed by atoms with Gasteiger partial charge in [0, 0.05) is 9.80 Å². The van der Waals surface area contributed by atoms with Crippen molar-refractivity contribution in [3.05, 3.63) is 82.8 Å².